The summed E-state index contributed by atoms with van der Waals surface area (Å²) in [6.45, 7) is 1.56. The van der Waals surface area contributed by atoms with Gasteiger partial charge in [0.2, 0.25) is 0 Å². The largest absolute Gasteiger partial charge is 0.494 e. The number of aromatic nitrogens is 2. The van der Waals surface area contributed by atoms with Crippen LogP contribution in [0.5, 0.6) is 5.75 Å². The molecule has 8 nitrogen and oxygen atoms in total. The smallest absolute Gasteiger partial charge is 0.339 e. The number of carbonyl (C=O) groups is 1. The average molecular weight is 277 g/mol. The zero-order valence-corrected chi connectivity index (χ0v) is 10.7. The number of nitro groups is 1. The zero-order chi connectivity index (χ0) is 14.9. The molecule has 2 aromatic rings. The number of nitro benzene ring substituents is 1. The van der Waals surface area contributed by atoms with E-state index in [1.807, 2.05) is 0 Å². The van der Waals surface area contributed by atoms with Crippen LogP contribution in [0.2, 0.25) is 0 Å². The van der Waals surface area contributed by atoms with Crippen molar-refractivity contribution >= 4 is 11.7 Å². The number of methoxy groups -OCH3 is 1. The van der Waals surface area contributed by atoms with Crippen LogP contribution in [0.3, 0.4) is 0 Å². The summed E-state index contributed by atoms with van der Waals surface area (Å²) in [7, 11) is 1.42. The van der Waals surface area contributed by atoms with E-state index in [4.69, 9.17) is 9.84 Å². The lowest BCUT2D eigenvalue weighted by atomic mass is 10.2. The van der Waals surface area contributed by atoms with Gasteiger partial charge in [0.15, 0.2) is 0 Å². The van der Waals surface area contributed by atoms with E-state index in [1.165, 1.54) is 36.2 Å². The molecular weight excluding hydrogens is 266 g/mol. The van der Waals surface area contributed by atoms with Crippen LogP contribution in [0.4, 0.5) is 5.69 Å². The molecule has 2 rings (SSSR count). The van der Waals surface area contributed by atoms with Crippen molar-refractivity contribution in [1.29, 1.82) is 0 Å². The first-order chi connectivity index (χ1) is 9.45. The fourth-order valence-electron chi connectivity index (χ4n) is 1.82. The van der Waals surface area contributed by atoms with Gasteiger partial charge in [-0.3, -0.25) is 10.1 Å². The molecule has 0 saturated heterocycles. The van der Waals surface area contributed by atoms with E-state index in [0.29, 0.717) is 17.1 Å². The molecular formula is C12H11N3O5. The lowest BCUT2D eigenvalue weighted by Gasteiger charge is -2.10. The quantitative estimate of drug-likeness (QED) is 0.674. The van der Waals surface area contributed by atoms with Gasteiger partial charge in [-0.25, -0.2) is 9.48 Å². The van der Waals surface area contributed by atoms with Gasteiger partial charge in [-0.15, -0.1) is 0 Å². The zero-order valence-electron chi connectivity index (χ0n) is 10.7. The molecule has 0 aliphatic heterocycles. The number of non-ortho nitro benzene ring substituents is 1. The van der Waals surface area contributed by atoms with Crippen molar-refractivity contribution in [3.63, 3.8) is 0 Å². The molecule has 1 aromatic carbocycles. The molecule has 0 atom stereocenters. The average Bonchev–Trinajstić information content (AvgIpc) is 2.79. The minimum atomic E-state index is -1.11. The lowest BCUT2D eigenvalue weighted by molar-refractivity contribution is -0.384. The highest BCUT2D eigenvalue weighted by Gasteiger charge is 2.18. The standard InChI is InChI=1S/C12H11N3O5/c1-7-9(12(16)17)6-13-14(7)10-5-8(15(18)19)3-4-11(10)20-2/h3-6H,1-2H3,(H,16,17). The minimum absolute atomic E-state index is 0.0264. The maximum Gasteiger partial charge on any atom is 0.339 e. The van der Waals surface area contributed by atoms with E-state index < -0.39 is 10.9 Å². The topological polar surface area (TPSA) is 107 Å². The Bertz CT molecular complexity index is 692. The first-order valence-corrected chi connectivity index (χ1v) is 5.56. The van der Waals surface area contributed by atoms with Crippen LogP contribution in [-0.2, 0) is 0 Å². The number of ether oxygens (including phenoxy) is 1. The SMILES string of the molecule is COc1ccc([N+](=O)[O-])cc1-n1ncc(C(=O)O)c1C. The molecule has 1 N–H and O–H groups in total. The molecule has 8 heteroatoms. The summed E-state index contributed by atoms with van der Waals surface area (Å²) in [6.07, 6.45) is 1.19. The number of aromatic carboxylic acids is 1. The molecule has 0 radical (unpaired) electrons. The van der Waals surface area contributed by atoms with Crippen LogP contribution in [0.25, 0.3) is 5.69 Å². The monoisotopic (exact) mass is 277 g/mol. The molecule has 0 bridgehead atoms. The Balaban J connectivity index is 2.64. The van der Waals surface area contributed by atoms with E-state index in [-0.39, 0.29) is 11.3 Å². The number of benzene rings is 1. The van der Waals surface area contributed by atoms with Crippen molar-refractivity contribution in [3.8, 4) is 11.4 Å². The van der Waals surface area contributed by atoms with Crippen molar-refractivity contribution in [2.24, 2.45) is 0 Å². The van der Waals surface area contributed by atoms with Crippen LogP contribution in [0.15, 0.2) is 24.4 Å². The highest BCUT2D eigenvalue weighted by Crippen LogP contribution is 2.28. The third-order valence-electron chi connectivity index (χ3n) is 2.84. The van der Waals surface area contributed by atoms with Crippen molar-refractivity contribution in [2.75, 3.05) is 7.11 Å². The fraction of sp³-hybridized carbons (Fsp3) is 0.167. The Kier molecular flexibility index (Phi) is 3.38. The predicted octanol–water partition coefficient (Wildman–Crippen LogP) is 1.80. The summed E-state index contributed by atoms with van der Waals surface area (Å²) in [5, 5.41) is 23.8. The highest BCUT2D eigenvalue weighted by molar-refractivity contribution is 5.88. The third-order valence-corrected chi connectivity index (χ3v) is 2.84. The van der Waals surface area contributed by atoms with Gasteiger partial charge < -0.3 is 9.84 Å². The molecule has 0 saturated carbocycles. The fourth-order valence-corrected chi connectivity index (χ4v) is 1.82. The van der Waals surface area contributed by atoms with Gasteiger partial charge in [0.1, 0.15) is 17.0 Å². The van der Waals surface area contributed by atoms with Gasteiger partial charge in [0.05, 0.1) is 23.9 Å². The van der Waals surface area contributed by atoms with Crippen LogP contribution in [0, 0.1) is 17.0 Å². The van der Waals surface area contributed by atoms with Crippen molar-refractivity contribution < 1.29 is 19.6 Å². The van der Waals surface area contributed by atoms with Crippen LogP contribution < -0.4 is 4.74 Å². The molecule has 0 aliphatic rings. The normalized spacial score (nSPS) is 10.3. The number of carboxylic acids is 1. The first kappa shape index (κ1) is 13.5. The van der Waals surface area contributed by atoms with E-state index in [9.17, 15) is 14.9 Å². The summed E-state index contributed by atoms with van der Waals surface area (Å²) >= 11 is 0. The Morgan fingerprint density at radius 2 is 2.20 bits per heavy atom. The Hall–Kier alpha value is -2.90. The van der Waals surface area contributed by atoms with Crippen LogP contribution in [-0.4, -0.2) is 32.9 Å². The maximum absolute atomic E-state index is 11.0. The second-order valence-electron chi connectivity index (χ2n) is 3.97. The summed E-state index contributed by atoms with van der Waals surface area (Å²) in [6, 6.07) is 4.03. The van der Waals surface area contributed by atoms with Gasteiger partial charge in [0, 0.05) is 12.1 Å². The van der Waals surface area contributed by atoms with Crippen LogP contribution >= 0.6 is 0 Å². The number of carboxylic acid groups (broad SMARTS) is 1. The lowest BCUT2D eigenvalue weighted by Crippen LogP contribution is -2.05. The van der Waals surface area contributed by atoms with Gasteiger partial charge in [-0.1, -0.05) is 0 Å². The van der Waals surface area contributed by atoms with Crippen molar-refractivity contribution in [3.05, 3.63) is 45.8 Å². The summed E-state index contributed by atoms with van der Waals surface area (Å²) < 4.78 is 6.43. The van der Waals surface area contributed by atoms with E-state index in [0.717, 1.165) is 0 Å². The van der Waals surface area contributed by atoms with E-state index in [2.05, 4.69) is 5.10 Å². The second kappa shape index (κ2) is 5.00. The molecule has 1 aromatic heterocycles. The first-order valence-electron chi connectivity index (χ1n) is 5.56. The Morgan fingerprint density at radius 3 is 2.70 bits per heavy atom. The van der Waals surface area contributed by atoms with Gasteiger partial charge >= 0.3 is 5.97 Å². The summed E-state index contributed by atoms with van der Waals surface area (Å²) in [5.41, 5.74) is 0.564. The number of hydrogen-bond acceptors (Lipinski definition) is 5. The minimum Gasteiger partial charge on any atom is -0.494 e. The van der Waals surface area contributed by atoms with Crippen molar-refractivity contribution in [2.45, 2.75) is 6.92 Å². The summed E-state index contributed by atoms with van der Waals surface area (Å²) in [4.78, 5) is 21.3. The van der Waals surface area contributed by atoms with Gasteiger partial charge in [-0.2, -0.15) is 5.10 Å². The molecule has 0 fully saturated rings. The molecule has 20 heavy (non-hydrogen) atoms. The van der Waals surface area contributed by atoms with E-state index >= 15 is 0 Å². The van der Waals surface area contributed by atoms with E-state index in [1.54, 1.807) is 6.92 Å². The number of nitrogens with zero attached hydrogens (tertiary/aromatic N) is 3. The maximum atomic E-state index is 11.0. The highest BCUT2D eigenvalue weighted by atomic mass is 16.6. The molecule has 0 aliphatic carbocycles. The van der Waals surface area contributed by atoms with Gasteiger partial charge in [-0.05, 0) is 13.0 Å². The predicted molar refractivity (Wildman–Crippen MR) is 68.5 cm³/mol. The third kappa shape index (κ3) is 2.18. The molecule has 0 unspecified atom stereocenters. The van der Waals surface area contributed by atoms with Gasteiger partial charge in [0.25, 0.3) is 5.69 Å². The molecule has 1 heterocycles. The number of rotatable bonds is 4. The Labute approximate surface area is 113 Å². The molecule has 104 valence electrons. The Morgan fingerprint density at radius 1 is 1.50 bits per heavy atom. The second-order valence-corrected chi connectivity index (χ2v) is 3.97. The summed E-state index contributed by atoms with van der Waals surface area (Å²) in [5.74, 6) is -0.753. The van der Waals surface area contributed by atoms with Crippen molar-refractivity contribution in [1.82, 2.24) is 9.78 Å². The van der Waals surface area contributed by atoms with Crippen LogP contribution in [0.1, 0.15) is 16.1 Å². The number of hydrogen-bond donors (Lipinski definition) is 1. The molecule has 0 spiro atoms. The molecule has 0 amide bonds.